The van der Waals surface area contributed by atoms with Gasteiger partial charge in [-0.25, -0.2) is 9.37 Å². The lowest BCUT2D eigenvalue weighted by Gasteiger charge is -2.31. The molecule has 10 nitrogen and oxygen atoms in total. The molecule has 3 aliphatic heterocycles. The second-order valence-corrected chi connectivity index (χ2v) is 12.9. The third-order valence-electron chi connectivity index (χ3n) is 10.1. The number of aliphatic hydroxyl groups excluding tert-OH is 1. The predicted octanol–water partition coefficient (Wildman–Crippen LogP) is 4.75. The zero-order valence-corrected chi connectivity index (χ0v) is 26.1. The number of halogens is 1. The van der Waals surface area contributed by atoms with Gasteiger partial charge in [0.2, 0.25) is 5.88 Å². The summed E-state index contributed by atoms with van der Waals surface area (Å²) in [5.41, 5.74) is 3.78. The number of aliphatic hydroxyl groups is 1. The number of pyridine rings is 1. The second-order valence-electron chi connectivity index (χ2n) is 12.9. The van der Waals surface area contributed by atoms with Crippen LogP contribution in [0.15, 0.2) is 23.8 Å². The Bertz CT molecular complexity index is 1620. The summed E-state index contributed by atoms with van der Waals surface area (Å²) in [6, 6.07) is 3.50. The van der Waals surface area contributed by atoms with Gasteiger partial charge >= 0.3 is 6.01 Å². The molecule has 2 N–H and O–H groups in total. The minimum absolute atomic E-state index is 0.0233. The van der Waals surface area contributed by atoms with Gasteiger partial charge in [-0.2, -0.15) is 9.97 Å². The first-order valence-electron chi connectivity index (χ1n) is 16.2. The Balaban J connectivity index is 1.37. The molecule has 0 saturated carbocycles. The van der Waals surface area contributed by atoms with Crippen molar-refractivity contribution in [1.29, 1.82) is 0 Å². The summed E-state index contributed by atoms with van der Waals surface area (Å²) in [6.45, 7) is 6.70. The molecule has 0 radical (unpaired) electrons. The third kappa shape index (κ3) is 5.48. The van der Waals surface area contributed by atoms with Gasteiger partial charge in [0.15, 0.2) is 5.82 Å². The molecule has 1 aromatic carbocycles. The minimum atomic E-state index is -0.592. The van der Waals surface area contributed by atoms with Crippen LogP contribution in [0.5, 0.6) is 17.6 Å². The van der Waals surface area contributed by atoms with Gasteiger partial charge in [-0.05, 0) is 80.7 Å². The number of methoxy groups -OCH3 is 1. The number of aromatic hydroxyl groups is 1. The van der Waals surface area contributed by atoms with Crippen LogP contribution in [0.25, 0.3) is 22.2 Å². The molecule has 0 spiro atoms. The molecule has 5 heterocycles. The number of nitrogens with zero attached hydrogens (tertiary/aromatic N) is 5. The summed E-state index contributed by atoms with van der Waals surface area (Å²) in [5.74, 6) is 0.416. The standard InChI is InChI=1S/C34H42FN5O5/c1-21-6-3-7-23-16-24(42)17-25(26(21)23)29-28(35)30-27(32(36-29)43-2)31(39-10-5-14-44-15-12-39)38-33(37-30)45-20-34-9-4-11-40(34)19-22(18-34)8-13-41/h8,16-17,21,41-42H,3-7,9-15,18-20H2,1-2H3/b22-8-. The van der Waals surface area contributed by atoms with Crippen molar-refractivity contribution in [2.45, 2.75) is 63.3 Å². The van der Waals surface area contributed by atoms with E-state index in [9.17, 15) is 10.2 Å². The van der Waals surface area contributed by atoms with E-state index in [4.69, 9.17) is 29.2 Å². The predicted molar refractivity (Wildman–Crippen MR) is 169 cm³/mol. The Morgan fingerprint density at radius 2 is 2.02 bits per heavy atom. The van der Waals surface area contributed by atoms with Gasteiger partial charge < -0.3 is 29.3 Å². The Hall–Kier alpha value is -3.54. The molecule has 45 heavy (non-hydrogen) atoms. The number of fused-ring (bicyclic) bond motifs is 3. The first-order chi connectivity index (χ1) is 21.9. The quantitative estimate of drug-likeness (QED) is 0.360. The maximum Gasteiger partial charge on any atom is 0.319 e. The maximum absolute atomic E-state index is 17.0. The van der Waals surface area contributed by atoms with Crippen molar-refractivity contribution < 1.29 is 28.8 Å². The molecule has 7 rings (SSSR count). The van der Waals surface area contributed by atoms with E-state index in [1.165, 1.54) is 12.7 Å². The van der Waals surface area contributed by atoms with Crippen molar-refractivity contribution in [2.75, 3.05) is 64.6 Å². The molecule has 3 fully saturated rings. The fourth-order valence-electron chi connectivity index (χ4n) is 7.95. The number of ether oxygens (including phenoxy) is 3. The number of phenolic OH excluding ortho intramolecular Hbond substituents is 1. The molecule has 4 aliphatic rings. The van der Waals surface area contributed by atoms with Gasteiger partial charge in [0.05, 0.1) is 25.9 Å². The highest BCUT2D eigenvalue weighted by Crippen LogP contribution is 2.45. The zero-order valence-electron chi connectivity index (χ0n) is 26.1. The van der Waals surface area contributed by atoms with Gasteiger partial charge in [0, 0.05) is 31.8 Å². The van der Waals surface area contributed by atoms with E-state index >= 15 is 4.39 Å². The molecule has 240 valence electrons. The van der Waals surface area contributed by atoms with Gasteiger partial charge in [-0.1, -0.05) is 18.6 Å². The lowest BCUT2D eigenvalue weighted by atomic mass is 9.80. The molecule has 2 aromatic heterocycles. The summed E-state index contributed by atoms with van der Waals surface area (Å²) in [7, 11) is 1.52. The Labute approximate surface area is 262 Å². The van der Waals surface area contributed by atoms with E-state index in [0.717, 1.165) is 69.2 Å². The number of hydrogen-bond acceptors (Lipinski definition) is 10. The highest BCUT2D eigenvalue weighted by Gasteiger charge is 2.47. The monoisotopic (exact) mass is 619 g/mol. The largest absolute Gasteiger partial charge is 0.508 e. The average molecular weight is 620 g/mol. The smallest absolute Gasteiger partial charge is 0.319 e. The molecular weight excluding hydrogens is 577 g/mol. The number of phenols is 1. The van der Waals surface area contributed by atoms with Gasteiger partial charge in [-0.3, -0.25) is 4.90 Å². The fourth-order valence-corrected chi connectivity index (χ4v) is 7.95. The van der Waals surface area contributed by atoms with Crippen LogP contribution in [0, 0.1) is 5.82 Å². The summed E-state index contributed by atoms with van der Waals surface area (Å²) in [4.78, 5) is 18.8. The second kappa shape index (κ2) is 12.3. The maximum atomic E-state index is 17.0. The third-order valence-corrected chi connectivity index (χ3v) is 10.1. The van der Waals surface area contributed by atoms with Crippen LogP contribution in [-0.4, -0.2) is 95.3 Å². The molecule has 11 heteroatoms. The van der Waals surface area contributed by atoms with Crippen LogP contribution in [-0.2, 0) is 11.2 Å². The molecular formula is C34H42FN5O5. The number of benzene rings is 1. The van der Waals surface area contributed by atoms with Crippen LogP contribution >= 0.6 is 0 Å². The minimum Gasteiger partial charge on any atom is -0.508 e. The van der Waals surface area contributed by atoms with Gasteiger partial charge in [0.25, 0.3) is 0 Å². The molecule has 3 saturated heterocycles. The average Bonchev–Trinajstić information content (AvgIpc) is 3.43. The summed E-state index contributed by atoms with van der Waals surface area (Å²) >= 11 is 0. The normalized spacial score (nSPS) is 24.6. The molecule has 0 amide bonds. The Kier molecular flexibility index (Phi) is 8.26. The van der Waals surface area contributed by atoms with Crippen molar-refractivity contribution in [3.05, 3.63) is 40.7 Å². The summed E-state index contributed by atoms with van der Waals surface area (Å²) < 4.78 is 34.9. The molecule has 2 atom stereocenters. The lowest BCUT2D eigenvalue weighted by molar-refractivity contribution is 0.108. The molecule has 1 aliphatic carbocycles. The lowest BCUT2D eigenvalue weighted by Crippen LogP contribution is -2.43. The van der Waals surface area contributed by atoms with Crippen molar-refractivity contribution in [3.8, 4) is 28.9 Å². The van der Waals surface area contributed by atoms with Crippen LogP contribution in [0.2, 0.25) is 0 Å². The van der Waals surface area contributed by atoms with Crippen molar-refractivity contribution in [3.63, 3.8) is 0 Å². The number of anilines is 1. The van der Waals surface area contributed by atoms with E-state index in [1.807, 2.05) is 6.08 Å². The Morgan fingerprint density at radius 1 is 1.13 bits per heavy atom. The molecule has 0 bridgehead atoms. The van der Waals surface area contributed by atoms with Crippen LogP contribution in [0.4, 0.5) is 10.2 Å². The first-order valence-corrected chi connectivity index (χ1v) is 16.2. The molecule has 3 aromatic rings. The van der Waals surface area contributed by atoms with E-state index in [-0.39, 0.29) is 46.9 Å². The topological polar surface area (TPSA) is 113 Å². The molecule has 2 unspecified atom stereocenters. The number of rotatable bonds is 7. The SMILES string of the molecule is COc1nc(-c2cc(O)cc3c2C(C)CCC3)c(F)c2nc(OCC34CCCN3C/C(=C\CO)C4)nc(N3CCCOCC3)c12. The van der Waals surface area contributed by atoms with Gasteiger partial charge in [-0.15, -0.1) is 0 Å². The van der Waals surface area contributed by atoms with E-state index in [2.05, 4.69) is 16.7 Å². The summed E-state index contributed by atoms with van der Waals surface area (Å²) in [6.07, 6.45) is 8.36. The van der Waals surface area contributed by atoms with Crippen LogP contribution < -0.4 is 14.4 Å². The summed E-state index contributed by atoms with van der Waals surface area (Å²) in [5, 5.41) is 20.6. The zero-order chi connectivity index (χ0) is 31.1. The number of aryl methyl sites for hydroxylation is 1. The van der Waals surface area contributed by atoms with Crippen LogP contribution in [0.1, 0.15) is 62.5 Å². The van der Waals surface area contributed by atoms with Gasteiger partial charge in [0.1, 0.15) is 34.8 Å². The van der Waals surface area contributed by atoms with E-state index in [1.54, 1.807) is 12.1 Å². The van der Waals surface area contributed by atoms with E-state index < -0.39 is 5.82 Å². The van der Waals surface area contributed by atoms with Crippen molar-refractivity contribution in [2.24, 2.45) is 0 Å². The van der Waals surface area contributed by atoms with Crippen molar-refractivity contribution in [1.82, 2.24) is 19.9 Å². The van der Waals surface area contributed by atoms with Crippen molar-refractivity contribution >= 4 is 16.7 Å². The van der Waals surface area contributed by atoms with Crippen LogP contribution in [0.3, 0.4) is 0 Å². The number of aromatic nitrogens is 3. The fraction of sp³-hybridized carbons (Fsp3) is 0.559. The van der Waals surface area contributed by atoms with E-state index in [0.29, 0.717) is 49.7 Å². The highest BCUT2D eigenvalue weighted by atomic mass is 19.1. The first kappa shape index (κ1) is 30.1. The Morgan fingerprint density at radius 3 is 2.87 bits per heavy atom. The number of hydrogen-bond donors (Lipinski definition) is 2. The highest BCUT2D eigenvalue weighted by molar-refractivity contribution is 5.97.